The van der Waals surface area contributed by atoms with E-state index in [1.54, 1.807) is 0 Å². The summed E-state index contributed by atoms with van der Waals surface area (Å²) in [7, 11) is 0. The Kier molecular flexibility index (Phi) is 7.25. The fourth-order valence-corrected chi connectivity index (χ4v) is 8.26. The molecule has 0 aliphatic rings. The van der Waals surface area contributed by atoms with E-state index >= 15 is 0 Å². The van der Waals surface area contributed by atoms with E-state index in [1.165, 1.54) is 98.7 Å². The van der Waals surface area contributed by atoms with E-state index in [9.17, 15) is 0 Å². The standard InChI is InChI=1S/C52H34/c1-3-15-35(16-4-1)37-27-29-38(30-28-37)41-20-9-12-24-45(41)51-46-25-13-14-26-47(46)52(50-33-39(31-32-48(50)51)36-17-5-2-6-18-36)49-34-40-19-7-8-21-42(40)43-22-10-11-23-44(43)49/h1-34H. The topological polar surface area (TPSA) is 0 Å². The van der Waals surface area contributed by atoms with Gasteiger partial charge in [-0.2, -0.15) is 0 Å². The van der Waals surface area contributed by atoms with Crippen LogP contribution in [0, 0.1) is 0 Å². The Labute approximate surface area is 303 Å². The predicted molar refractivity (Wildman–Crippen MR) is 224 cm³/mol. The molecule has 0 aliphatic heterocycles. The van der Waals surface area contributed by atoms with Crippen molar-refractivity contribution in [3.8, 4) is 55.6 Å². The summed E-state index contributed by atoms with van der Waals surface area (Å²) in [5.74, 6) is 0. The van der Waals surface area contributed by atoms with Gasteiger partial charge in [0.1, 0.15) is 0 Å². The maximum atomic E-state index is 2.43. The van der Waals surface area contributed by atoms with Crippen LogP contribution in [0.3, 0.4) is 0 Å². The first kappa shape index (κ1) is 30.1. The largest absolute Gasteiger partial charge is 0.0622 e. The molecule has 0 heteroatoms. The van der Waals surface area contributed by atoms with Crippen molar-refractivity contribution in [2.45, 2.75) is 0 Å². The summed E-state index contributed by atoms with van der Waals surface area (Å²) >= 11 is 0. The summed E-state index contributed by atoms with van der Waals surface area (Å²) in [4.78, 5) is 0. The lowest BCUT2D eigenvalue weighted by molar-refractivity contribution is 1.58. The van der Waals surface area contributed by atoms with E-state index in [1.807, 2.05) is 0 Å². The molecule has 0 unspecified atom stereocenters. The lowest BCUT2D eigenvalue weighted by Gasteiger charge is -2.21. The van der Waals surface area contributed by atoms with Gasteiger partial charge in [-0.3, -0.25) is 0 Å². The third-order valence-corrected chi connectivity index (χ3v) is 10.7. The zero-order chi connectivity index (χ0) is 34.4. The maximum absolute atomic E-state index is 2.43. The lowest BCUT2D eigenvalue weighted by atomic mass is 9.81. The van der Waals surface area contributed by atoms with Gasteiger partial charge in [-0.1, -0.05) is 194 Å². The third-order valence-electron chi connectivity index (χ3n) is 10.7. The smallest absolute Gasteiger partial charge is 0.00197 e. The number of benzene rings is 10. The molecule has 0 atom stereocenters. The van der Waals surface area contributed by atoms with Gasteiger partial charge in [-0.05, 0) is 111 Å². The molecule has 0 fully saturated rings. The average molecular weight is 659 g/mol. The van der Waals surface area contributed by atoms with Crippen molar-refractivity contribution >= 4 is 43.1 Å². The highest BCUT2D eigenvalue weighted by Gasteiger charge is 2.21. The summed E-state index contributed by atoms with van der Waals surface area (Å²) in [6, 6.07) is 75.6. The van der Waals surface area contributed by atoms with Crippen LogP contribution in [0.5, 0.6) is 0 Å². The Morgan fingerprint density at radius 1 is 0.192 bits per heavy atom. The summed E-state index contributed by atoms with van der Waals surface area (Å²) in [5.41, 5.74) is 12.3. The first-order valence-electron chi connectivity index (χ1n) is 18.0. The van der Waals surface area contributed by atoms with Gasteiger partial charge in [-0.25, -0.2) is 0 Å². The summed E-state index contributed by atoms with van der Waals surface area (Å²) in [6.45, 7) is 0. The van der Waals surface area contributed by atoms with Crippen LogP contribution < -0.4 is 0 Å². The molecule has 0 radical (unpaired) electrons. The van der Waals surface area contributed by atoms with Crippen molar-refractivity contribution in [2.24, 2.45) is 0 Å². The van der Waals surface area contributed by atoms with E-state index in [0.717, 1.165) is 0 Å². The monoisotopic (exact) mass is 658 g/mol. The van der Waals surface area contributed by atoms with Crippen molar-refractivity contribution in [3.63, 3.8) is 0 Å². The fourth-order valence-electron chi connectivity index (χ4n) is 8.26. The normalized spacial score (nSPS) is 11.5. The van der Waals surface area contributed by atoms with Crippen LogP contribution in [0.2, 0.25) is 0 Å². The predicted octanol–water partition coefficient (Wildman–Crippen LogP) is 14.6. The molecule has 10 aromatic carbocycles. The first-order valence-corrected chi connectivity index (χ1v) is 18.0. The van der Waals surface area contributed by atoms with Gasteiger partial charge in [0.25, 0.3) is 0 Å². The quantitative estimate of drug-likeness (QED) is 0.128. The molecule has 0 aliphatic carbocycles. The molecular formula is C52H34. The van der Waals surface area contributed by atoms with Gasteiger partial charge in [0.2, 0.25) is 0 Å². The van der Waals surface area contributed by atoms with Gasteiger partial charge < -0.3 is 0 Å². The van der Waals surface area contributed by atoms with E-state index < -0.39 is 0 Å². The van der Waals surface area contributed by atoms with Crippen LogP contribution in [0.25, 0.3) is 98.7 Å². The van der Waals surface area contributed by atoms with Gasteiger partial charge in [-0.15, -0.1) is 0 Å². The zero-order valence-corrected chi connectivity index (χ0v) is 28.6. The van der Waals surface area contributed by atoms with Crippen molar-refractivity contribution in [3.05, 3.63) is 206 Å². The van der Waals surface area contributed by atoms with Crippen molar-refractivity contribution in [1.29, 1.82) is 0 Å². The second-order valence-corrected chi connectivity index (χ2v) is 13.6. The van der Waals surface area contributed by atoms with Gasteiger partial charge in [0.15, 0.2) is 0 Å². The second kappa shape index (κ2) is 12.5. The molecule has 52 heavy (non-hydrogen) atoms. The van der Waals surface area contributed by atoms with Gasteiger partial charge >= 0.3 is 0 Å². The van der Waals surface area contributed by atoms with Crippen molar-refractivity contribution in [2.75, 3.05) is 0 Å². The minimum atomic E-state index is 1.21. The van der Waals surface area contributed by atoms with Gasteiger partial charge in [0, 0.05) is 0 Å². The maximum Gasteiger partial charge on any atom is -0.00197 e. The molecule has 0 N–H and O–H groups in total. The van der Waals surface area contributed by atoms with E-state index in [4.69, 9.17) is 0 Å². The Balaban J connectivity index is 1.30. The minimum absolute atomic E-state index is 1.21. The Bertz CT molecular complexity index is 2920. The molecule has 10 aromatic rings. The zero-order valence-electron chi connectivity index (χ0n) is 28.6. The molecule has 0 bridgehead atoms. The van der Waals surface area contributed by atoms with E-state index in [-0.39, 0.29) is 0 Å². The Hall–Kier alpha value is -6.76. The second-order valence-electron chi connectivity index (χ2n) is 13.6. The van der Waals surface area contributed by atoms with E-state index in [2.05, 4.69) is 206 Å². The molecule has 0 nitrogen and oxygen atoms in total. The average Bonchev–Trinajstić information content (AvgIpc) is 3.23. The summed E-state index contributed by atoms with van der Waals surface area (Å²) in [6.07, 6.45) is 0. The highest BCUT2D eigenvalue weighted by Crippen LogP contribution is 2.49. The Morgan fingerprint density at radius 3 is 1.33 bits per heavy atom. The van der Waals surface area contributed by atoms with Crippen LogP contribution in [0.1, 0.15) is 0 Å². The van der Waals surface area contributed by atoms with Crippen LogP contribution in [0.4, 0.5) is 0 Å². The summed E-state index contributed by atoms with van der Waals surface area (Å²) in [5, 5.41) is 10.1. The summed E-state index contributed by atoms with van der Waals surface area (Å²) < 4.78 is 0. The van der Waals surface area contributed by atoms with Crippen LogP contribution in [0.15, 0.2) is 206 Å². The highest BCUT2D eigenvalue weighted by atomic mass is 14.2. The molecule has 242 valence electrons. The molecule has 10 rings (SSSR count). The minimum Gasteiger partial charge on any atom is -0.0622 e. The number of fused-ring (bicyclic) bond motifs is 5. The number of hydrogen-bond donors (Lipinski definition) is 0. The third kappa shape index (κ3) is 5.00. The highest BCUT2D eigenvalue weighted by molar-refractivity contribution is 6.26. The molecule has 0 aromatic heterocycles. The number of hydrogen-bond acceptors (Lipinski definition) is 0. The van der Waals surface area contributed by atoms with Crippen molar-refractivity contribution in [1.82, 2.24) is 0 Å². The molecule has 0 saturated heterocycles. The van der Waals surface area contributed by atoms with Crippen LogP contribution in [-0.2, 0) is 0 Å². The lowest BCUT2D eigenvalue weighted by Crippen LogP contribution is -1.94. The molecule has 0 amide bonds. The Morgan fingerprint density at radius 2 is 0.635 bits per heavy atom. The number of rotatable bonds is 5. The van der Waals surface area contributed by atoms with Crippen LogP contribution in [-0.4, -0.2) is 0 Å². The first-order chi connectivity index (χ1) is 25.8. The SMILES string of the molecule is c1ccc(-c2ccc(-c3ccccc3-c3c4ccccc4c(-c4cc5ccccc5c5ccccc45)c4cc(-c5ccccc5)ccc34)cc2)cc1. The molecule has 0 heterocycles. The van der Waals surface area contributed by atoms with E-state index in [0.29, 0.717) is 0 Å². The van der Waals surface area contributed by atoms with Crippen LogP contribution >= 0.6 is 0 Å². The fraction of sp³-hybridized carbons (Fsp3) is 0. The van der Waals surface area contributed by atoms with Gasteiger partial charge in [0.05, 0.1) is 0 Å². The molecule has 0 spiro atoms. The molecule has 0 saturated carbocycles. The van der Waals surface area contributed by atoms with Crippen molar-refractivity contribution < 1.29 is 0 Å². The molecular weight excluding hydrogens is 625 g/mol.